The lowest BCUT2D eigenvalue weighted by Gasteiger charge is -2.12. The van der Waals surface area contributed by atoms with E-state index in [0.717, 1.165) is 18.5 Å². The average Bonchev–Trinajstić information content (AvgIpc) is 3.00. The molecule has 1 fully saturated rings. The summed E-state index contributed by atoms with van der Waals surface area (Å²) < 4.78 is 5.17. The van der Waals surface area contributed by atoms with Crippen LogP contribution in [0.3, 0.4) is 0 Å². The molecule has 3 heteroatoms. The Morgan fingerprint density at radius 2 is 2.00 bits per heavy atom. The highest BCUT2D eigenvalue weighted by Crippen LogP contribution is 2.39. The summed E-state index contributed by atoms with van der Waals surface area (Å²) in [5.74, 6) is -0.0359. The van der Waals surface area contributed by atoms with E-state index in [9.17, 15) is 4.79 Å². The second kappa shape index (κ2) is 3.42. The number of ether oxygens (including phenoxy) is 1. The highest BCUT2D eigenvalue weighted by atomic mass is 16.5. The lowest BCUT2D eigenvalue weighted by Crippen LogP contribution is -2.31. The van der Waals surface area contributed by atoms with Gasteiger partial charge < -0.3 is 10.1 Å². The quantitative estimate of drug-likeness (QED) is 0.791. The molecule has 0 radical (unpaired) electrons. The van der Waals surface area contributed by atoms with Gasteiger partial charge in [0.05, 0.1) is 0 Å². The topological polar surface area (TPSA) is 38.3 Å². The fourth-order valence-electron chi connectivity index (χ4n) is 1.40. The Balaban J connectivity index is 2.02. The van der Waals surface area contributed by atoms with Crippen LogP contribution in [0.1, 0.15) is 12.8 Å². The second-order valence-electron chi connectivity index (χ2n) is 3.52. The van der Waals surface area contributed by atoms with Crippen molar-refractivity contribution in [3.8, 4) is 0 Å². The number of nitrogens with one attached hydrogen (secondary N) is 1. The number of carbonyl (C=O) groups is 1. The Kier molecular flexibility index (Phi) is 2.25. The van der Waals surface area contributed by atoms with E-state index < -0.39 is 5.60 Å². The zero-order valence-electron chi connectivity index (χ0n) is 8.12. The minimum absolute atomic E-state index is 0.0359. The van der Waals surface area contributed by atoms with Crippen LogP contribution in [0.15, 0.2) is 30.3 Å². The van der Waals surface area contributed by atoms with Crippen LogP contribution in [0, 0.1) is 0 Å². The molecule has 0 spiro atoms. The summed E-state index contributed by atoms with van der Waals surface area (Å²) in [7, 11) is 1.58. The van der Waals surface area contributed by atoms with Gasteiger partial charge in [0.2, 0.25) is 0 Å². The molecule has 1 aliphatic rings. The lowest BCUT2D eigenvalue weighted by molar-refractivity contribution is -0.128. The number of carbonyl (C=O) groups excluding carboxylic acids is 1. The Bertz CT molecular complexity index is 330. The predicted molar refractivity (Wildman–Crippen MR) is 54.0 cm³/mol. The van der Waals surface area contributed by atoms with Gasteiger partial charge in [0, 0.05) is 12.8 Å². The van der Waals surface area contributed by atoms with Crippen LogP contribution >= 0.6 is 0 Å². The molecule has 0 bridgehead atoms. The normalized spacial score (nSPS) is 17.5. The van der Waals surface area contributed by atoms with Gasteiger partial charge in [-0.05, 0) is 25.0 Å². The largest absolute Gasteiger partial charge is 0.368 e. The van der Waals surface area contributed by atoms with Gasteiger partial charge in [-0.15, -0.1) is 0 Å². The monoisotopic (exact) mass is 191 g/mol. The smallest absolute Gasteiger partial charge is 0.256 e. The summed E-state index contributed by atoms with van der Waals surface area (Å²) >= 11 is 0. The van der Waals surface area contributed by atoms with Gasteiger partial charge in [-0.3, -0.25) is 4.79 Å². The molecule has 0 aromatic heterocycles. The van der Waals surface area contributed by atoms with Gasteiger partial charge >= 0.3 is 0 Å². The first kappa shape index (κ1) is 9.21. The van der Waals surface area contributed by atoms with Crippen LogP contribution in [-0.2, 0) is 9.53 Å². The van der Waals surface area contributed by atoms with E-state index in [0.29, 0.717) is 0 Å². The number of hydrogen-bond acceptors (Lipinski definition) is 2. The maximum Gasteiger partial charge on any atom is 0.256 e. The summed E-state index contributed by atoms with van der Waals surface area (Å²) in [6.07, 6.45) is 1.64. The second-order valence-corrected chi connectivity index (χ2v) is 3.52. The van der Waals surface area contributed by atoms with Gasteiger partial charge in [0.25, 0.3) is 5.91 Å². The molecule has 0 unspecified atom stereocenters. The summed E-state index contributed by atoms with van der Waals surface area (Å²) in [4.78, 5) is 11.7. The number of rotatable bonds is 3. The van der Waals surface area contributed by atoms with E-state index >= 15 is 0 Å². The van der Waals surface area contributed by atoms with E-state index in [-0.39, 0.29) is 5.91 Å². The maximum absolute atomic E-state index is 11.7. The Labute approximate surface area is 83.1 Å². The Hall–Kier alpha value is -1.35. The molecule has 0 aliphatic heterocycles. The molecular weight excluding hydrogens is 178 g/mol. The number of para-hydroxylation sites is 1. The highest BCUT2D eigenvalue weighted by Gasteiger charge is 2.50. The van der Waals surface area contributed by atoms with Crippen LogP contribution in [0.2, 0.25) is 0 Å². The minimum atomic E-state index is -0.546. The molecule has 0 saturated heterocycles. The summed E-state index contributed by atoms with van der Waals surface area (Å²) in [5, 5.41) is 2.83. The Morgan fingerprint density at radius 3 is 2.50 bits per heavy atom. The van der Waals surface area contributed by atoms with Gasteiger partial charge in [-0.2, -0.15) is 0 Å². The van der Waals surface area contributed by atoms with Crippen molar-refractivity contribution >= 4 is 11.6 Å². The molecule has 1 saturated carbocycles. The standard InChI is InChI=1S/C11H13NO2/c1-14-11(7-8-11)10(13)12-9-5-3-2-4-6-9/h2-6H,7-8H2,1H3,(H,12,13). The minimum Gasteiger partial charge on any atom is -0.368 e. The SMILES string of the molecule is COC1(C(=O)Nc2ccccc2)CC1. The van der Waals surface area contributed by atoms with Crippen LogP contribution in [-0.4, -0.2) is 18.6 Å². The van der Waals surface area contributed by atoms with Crippen molar-refractivity contribution in [2.45, 2.75) is 18.4 Å². The Morgan fingerprint density at radius 1 is 1.36 bits per heavy atom. The predicted octanol–water partition coefficient (Wildman–Crippen LogP) is 1.80. The van der Waals surface area contributed by atoms with E-state index in [1.807, 2.05) is 30.3 Å². The average molecular weight is 191 g/mol. The van der Waals surface area contributed by atoms with Crippen molar-refractivity contribution in [1.82, 2.24) is 0 Å². The molecule has 1 aromatic rings. The van der Waals surface area contributed by atoms with Crippen molar-refractivity contribution in [1.29, 1.82) is 0 Å². The molecule has 74 valence electrons. The third kappa shape index (κ3) is 1.63. The molecule has 0 heterocycles. The molecule has 1 aromatic carbocycles. The van der Waals surface area contributed by atoms with Gasteiger partial charge in [-0.25, -0.2) is 0 Å². The highest BCUT2D eigenvalue weighted by molar-refractivity contribution is 5.99. The van der Waals surface area contributed by atoms with Crippen molar-refractivity contribution in [3.05, 3.63) is 30.3 Å². The first-order valence-corrected chi connectivity index (χ1v) is 4.68. The number of hydrogen-bond donors (Lipinski definition) is 1. The molecule has 1 N–H and O–H groups in total. The molecule has 3 nitrogen and oxygen atoms in total. The zero-order chi connectivity index (χ0) is 10.0. The van der Waals surface area contributed by atoms with E-state index in [1.54, 1.807) is 7.11 Å². The fraction of sp³-hybridized carbons (Fsp3) is 0.364. The van der Waals surface area contributed by atoms with E-state index in [2.05, 4.69) is 5.32 Å². The van der Waals surface area contributed by atoms with Crippen LogP contribution in [0.4, 0.5) is 5.69 Å². The fourth-order valence-corrected chi connectivity index (χ4v) is 1.40. The molecule has 1 amide bonds. The maximum atomic E-state index is 11.7. The third-order valence-electron chi connectivity index (χ3n) is 2.54. The van der Waals surface area contributed by atoms with Crippen LogP contribution in [0.5, 0.6) is 0 Å². The zero-order valence-corrected chi connectivity index (χ0v) is 8.12. The lowest BCUT2D eigenvalue weighted by atomic mass is 10.2. The van der Waals surface area contributed by atoms with Crippen molar-refractivity contribution in [2.24, 2.45) is 0 Å². The van der Waals surface area contributed by atoms with Crippen LogP contribution < -0.4 is 5.32 Å². The molecule has 0 atom stereocenters. The summed E-state index contributed by atoms with van der Waals surface area (Å²) in [5.41, 5.74) is 0.274. The third-order valence-corrected chi connectivity index (χ3v) is 2.54. The molecule has 1 aliphatic carbocycles. The van der Waals surface area contributed by atoms with Crippen molar-refractivity contribution < 1.29 is 9.53 Å². The van der Waals surface area contributed by atoms with Gasteiger partial charge in [0.15, 0.2) is 0 Å². The van der Waals surface area contributed by atoms with E-state index in [4.69, 9.17) is 4.74 Å². The number of anilines is 1. The molecular formula is C11H13NO2. The summed E-state index contributed by atoms with van der Waals surface area (Å²) in [6, 6.07) is 9.43. The summed E-state index contributed by atoms with van der Waals surface area (Å²) in [6.45, 7) is 0. The van der Waals surface area contributed by atoms with Crippen molar-refractivity contribution in [3.63, 3.8) is 0 Å². The molecule has 14 heavy (non-hydrogen) atoms. The van der Waals surface area contributed by atoms with Crippen molar-refractivity contribution in [2.75, 3.05) is 12.4 Å². The first-order chi connectivity index (χ1) is 6.77. The number of methoxy groups -OCH3 is 1. The van der Waals surface area contributed by atoms with Gasteiger partial charge in [-0.1, -0.05) is 18.2 Å². The number of benzene rings is 1. The number of amides is 1. The van der Waals surface area contributed by atoms with E-state index in [1.165, 1.54) is 0 Å². The van der Waals surface area contributed by atoms with Crippen LogP contribution in [0.25, 0.3) is 0 Å². The first-order valence-electron chi connectivity index (χ1n) is 4.68. The van der Waals surface area contributed by atoms with Gasteiger partial charge in [0.1, 0.15) is 5.60 Å². The molecule has 2 rings (SSSR count).